The van der Waals surface area contributed by atoms with Crippen molar-refractivity contribution in [1.29, 1.82) is 0 Å². The Kier molecular flexibility index (Phi) is 6.14. The van der Waals surface area contributed by atoms with E-state index in [1.54, 1.807) is 7.11 Å². The number of nitrogens with one attached hydrogen (secondary N) is 1. The van der Waals surface area contributed by atoms with E-state index in [1.165, 1.54) is 42.4 Å². The number of methoxy groups -OCH3 is 1. The highest BCUT2D eigenvalue weighted by Crippen LogP contribution is 2.25. The average molecular weight is 342 g/mol. The third-order valence-electron chi connectivity index (χ3n) is 5.51. The summed E-state index contributed by atoms with van der Waals surface area (Å²) in [5, 5.41) is 3.13. The molecule has 0 spiro atoms. The fourth-order valence-corrected chi connectivity index (χ4v) is 3.80. The van der Waals surface area contributed by atoms with Crippen molar-refractivity contribution >= 4 is 5.91 Å². The van der Waals surface area contributed by atoms with Crippen LogP contribution in [0.5, 0.6) is 5.75 Å². The third-order valence-corrected chi connectivity index (χ3v) is 5.51. The van der Waals surface area contributed by atoms with E-state index in [-0.39, 0.29) is 11.9 Å². The number of amides is 1. The summed E-state index contributed by atoms with van der Waals surface area (Å²) in [6.45, 7) is 4.51. The zero-order valence-corrected chi connectivity index (χ0v) is 15.5. The van der Waals surface area contributed by atoms with Crippen molar-refractivity contribution < 1.29 is 9.53 Å². The van der Waals surface area contributed by atoms with Gasteiger partial charge in [-0.2, -0.15) is 0 Å². The predicted molar refractivity (Wildman–Crippen MR) is 101 cm³/mol. The van der Waals surface area contributed by atoms with Gasteiger partial charge in [0.15, 0.2) is 0 Å². The molecule has 1 amide bonds. The van der Waals surface area contributed by atoms with E-state index in [0.29, 0.717) is 0 Å². The molecule has 3 rings (SSSR count). The van der Waals surface area contributed by atoms with E-state index >= 15 is 0 Å². The zero-order chi connectivity index (χ0) is 17.6. The number of hydrogen-bond donors (Lipinski definition) is 1. The number of carbonyl (C=O) groups excluding carboxylic acids is 1. The molecule has 0 saturated carbocycles. The van der Waals surface area contributed by atoms with Crippen molar-refractivity contribution in [3.05, 3.63) is 41.0 Å². The van der Waals surface area contributed by atoms with Gasteiger partial charge in [0, 0.05) is 19.6 Å². The van der Waals surface area contributed by atoms with Crippen molar-refractivity contribution in [2.45, 2.75) is 58.0 Å². The second-order valence-corrected chi connectivity index (χ2v) is 7.18. The Bertz CT molecular complexity index is 639. The molecule has 1 heterocycles. The molecule has 0 radical (unpaired) electrons. The number of ether oxygens (including phenoxy) is 1. The first-order valence-corrected chi connectivity index (χ1v) is 9.53. The molecule has 1 atom stereocenters. The van der Waals surface area contributed by atoms with Crippen molar-refractivity contribution in [2.24, 2.45) is 0 Å². The van der Waals surface area contributed by atoms with Gasteiger partial charge in [0.05, 0.1) is 13.2 Å². The second kappa shape index (κ2) is 8.52. The molecule has 4 nitrogen and oxygen atoms in total. The van der Waals surface area contributed by atoms with E-state index in [0.717, 1.165) is 38.2 Å². The van der Waals surface area contributed by atoms with Crippen molar-refractivity contribution in [3.8, 4) is 5.75 Å². The molecule has 136 valence electrons. The molecule has 2 aliphatic rings. The number of rotatable bonds is 6. The van der Waals surface area contributed by atoms with Gasteiger partial charge in [-0.3, -0.25) is 9.69 Å². The number of hydrogen-bond acceptors (Lipinski definition) is 3. The van der Waals surface area contributed by atoms with Gasteiger partial charge in [0.25, 0.3) is 0 Å². The normalized spacial score (nSPS) is 18.9. The lowest BCUT2D eigenvalue weighted by Gasteiger charge is -2.33. The monoisotopic (exact) mass is 342 g/mol. The molecular formula is C21H30N2O2. The van der Waals surface area contributed by atoms with Gasteiger partial charge >= 0.3 is 0 Å². The van der Waals surface area contributed by atoms with E-state index in [4.69, 9.17) is 4.74 Å². The molecule has 1 aromatic carbocycles. The molecule has 1 unspecified atom stereocenters. The summed E-state index contributed by atoms with van der Waals surface area (Å²) < 4.78 is 5.33. The Morgan fingerprint density at radius 3 is 2.92 bits per heavy atom. The molecule has 0 fully saturated rings. The Hall–Kier alpha value is -1.81. The fourth-order valence-electron chi connectivity index (χ4n) is 3.80. The highest BCUT2D eigenvalue weighted by Gasteiger charge is 2.25. The third kappa shape index (κ3) is 4.63. The quantitative estimate of drug-likeness (QED) is 0.805. The number of nitrogens with zero attached hydrogens (tertiary/aromatic N) is 1. The van der Waals surface area contributed by atoms with E-state index in [2.05, 4.69) is 28.4 Å². The molecule has 0 saturated heterocycles. The van der Waals surface area contributed by atoms with Crippen LogP contribution in [-0.4, -0.2) is 37.0 Å². The first-order valence-electron chi connectivity index (χ1n) is 9.53. The summed E-state index contributed by atoms with van der Waals surface area (Å²) in [5.41, 5.74) is 4.16. The van der Waals surface area contributed by atoms with E-state index in [9.17, 15) is 4.79 Å². The fraction of sp³-hybridized carbons (Fsp3) is 0.571. The molecule has 25 heavy (non-hydrogen) atoms. The first kappa shape index (κ1) is 18.0. The Labute approximate surface area is 151 Å². The first-order chi connectivity index (χ1) is 12.2. The zero-order valence-electron chi connectivity index (χ0n) is 15.5. The van der Waals surface area contributed by atoms with Crippen LogP contribution in [0, 0.1) is 0 Å². The minimum absolute atomic E-state index is 0.0975. The van der Waals surface area contributed by atoms with Crippen molar-refractivity contribution in [1.82, 2.24) is 10.2 Å². The molecular weight excluding hydrogens is 312 g/mol. The van der Waals surface area contributed by atoms with Gasteiger partial charge < -0.3 is 10.1 Å². The molecule has 1 aliphatic carbocycles. The largest absolute Gasteiger partial charge is 0.497 e. The number of carbonyl (C=O) groups is 1. The van der Waals surface area contributed by atoms with Crippen molar-refractivity contribution in [2.75, 3.05) is 20.2 Å². The summed E-state index contributed by atoms with van der Waals surface area (Å²) in [6.07, 6.45) is 9.36. The maximum atomic E-state index is 12.5. The van der Waals surface area contributed by atoms with Crippen LogP contribution in [0.1, 0.15) is 50.2 Å². The van der Waals surface area contributed by atoms with E-state index < -0.39 is 0 Å². The van der Waals surface area contributed by atoms with Crippen LogP contribution in [0.25, 0.3) is 0 Å². The minimum Gasteiger partial charge on any atom is -0.497 e. The van der Waals surface area contributed by atoms with Crippen molar-refractivity contribution in [3.63, 3.8) is 0 Å². The smallest absolute Gasteiger partial charge is 0.237 e. The standard InChI is InChI=1S/C21H30N2O2/c1-16(21(24)22-12-10-17-6-4-3-5-7-17)23-13-11-18-8-9-20(25-2)14-19(18)15-23/h6,8-9,14,16H,3-5,7,10-13,15H2,1-2H3,(H,22,24). The Morgan fingerprint density at radius 2 is 2.16 bits per heavy atom. The number of fused-ring (bicyclic) bond motifs is 1. The highest BCUT2D eigenvalue weighted by molar-refractivity contribution is 5.81. The van der Waals surface area contributed by atoms with Crippen LogP contribution in [0.3, 0.4) is 0 Å². The van der Waals surface area contributed by atoms with E-state index in [1.807, 2.05) is 13.0 Å². The van der Waals surface area contributed by atoms with Gasteiger partial charge in [-0.25, -0.2) is 0 Å². The lowest BCUT2D eigenvalue weighted by atomic mass is 9.97. The summed E-state index contributed by atoms with van der Waals surface area (Å²) in [5.74, 6) is 1.03. The highest BCUT2D eigenvalue weighted by atomic mass is 16.5. The molecule has 0 bridgehead atoms. The summed E-state index contributed by atoms with van der Waals surface area (Å²) in [7, 11) is 1.69. The lowest BCUT2D eigenvalue weighted by Crippen LogP contribution is -2.47. The maximum Gasteiger partial charge on any atom is 0.237 e. The molecule has 4 heteroatoms. The van der Waals surface area contributed by atoms with Gasteiger partial charge in [0.1, 0.15) is 5.75 Å². The second-order valence-electron chi connectivity index (χ2n) is 7.18. The van der Waals surface area contributed by atoms with Gasteiger partial charge in [-0.15, -0.1) is 0 Å². The summed E-state index contributed by atoms with van der Waals surface area (Å²) in [6, 6.07) is 6.17. The topological polar surface area (TPSA) is 41.6 Å². The molecule has 0 aromatic heterocycles. The SMILES string of the molecule is COc1ccc2c(c1)CN(C(C)C(=O)NCCC1=CCCCC1)CC2. The lowest BCUT2D eigenvalue weighted by molar-refractivity contribution is -0.126. The molecule has 1 aromatic rings. The van der Waals surface area contributed by atoms with Crippen LogP contribution in [0.2, 0.25) is 0 Å². The van der Waals surface area contributed by atoms with Crippen LogP contribution in [-0.2, 0) is 17.8 Å². The van der Waals surface area contributed by atoms with Crippen LogP contribution < -0.4 is 10.1 Å². The Morgan fingerprint density at radius 1 is 1.28 bits per heavy atom. The summed E-state index contributed by atoms with van der Waals surface area (Å²) in [4.78, 5) is 14.8. The Balaban J connectivity index is 1.51. The molecule has 1 aliphatic heterocycles. The number of allylic oxidation sites excluding steroid dienone is 1. The van der Waals surface area contributed by atoms with Gasteiger partial charge in [-0.1, -0.05) is 17.7 Å². The predicted octanol–water partition coefficient (Wildman–Crippen LogP) is 3.45. The average Bonchev–Trinajstić information content (AvgIpc) is 2.67. The van der Waals surface area contributed by atoms with Crippen LogP contribution in [0.4, 0.5) is 0 Å². The summed E-state index contributed by atoms with van der Waals surface area (Å²) >= 11 is 0. The van der Waals surface area contributed by atoms with Gasteiger partial charge in [-0.05, 0) is 68.7 Å². The van der Waals surface area contributed by atoms with Gasteiger partial charge in [0.2, 0.25) is 5.91 Å². The number of benzene rings is 1. The van der Waals surface area contributed by atoms with Crippen LogP contribution >= 0.6 is 0 Å². The van der Waals surface area contributed by atoms with Crippen LogP contribution in [0.15, 0.2) is 29.8 Å². The molecule has 1 N–H and O–H groups in total. The minimum atomic E-state index is -0.0975. The maximum absolute atomic E-state index is 12.5.